The summed E-state index contributed by atoms with van der Waals surface area (Å²) in [7, 11) is 1.56. The number of rotatable bonds is 6. The average Bonchev–Trinajstić information content (AvgIpc) is 3.27. The number of benzene rings is 1. The van der Waals surface area contributed by atoms with Crippen LogP contribution in [0.5, 0.6) is 11.5 Å². The first-order chi connectivity index (χ1) is 11.3. The Hall–Kier alpha value is -1.85. The molecule has 1 fully saturated rings. The lowest BCUT2D eigenvalue weighted by atomic mass is 10.2. The van der Waals surface area contributed by atoms with Gasteiger partial charge in [-0.1, -0.05) is 12.1 Å². The van der Waals surface area contributed by atoms with Gasteiger partial charge in [0, 0.05) is 24.6 Å². The molecule has 0 spiro atoms. The Morgan fingerprint density at radius 2 is 2.13 bits per heavy atom. The second-order valence-corrected chi connectivity index (χ2v) is 6.80. The van der Waals surface area contributed by atoms with Crippen LogP contribution in [-0.4, -0.2) is 38.1 Å². The first kappa shape index (κ1) is 16.0. The standard InChI is InChI=1S/C18H22N2O2S/c1-22-16-7-4-6-14(18(16)21)12-19-13-15(17-8-5-11-23-17)20-9-2-3-10-20/h4-8,11-12,15,21H,2-3,9-10,13H2,1H3/p+1/t15-/m0/s1. The van der Waals surface area contributed by atoms with Crippen LogP contribution in [0.1, 0.15) is 29.3 Å². The third kappa shape index (κ3) is 3.74. The molecule has 2 heterocycles. The Kier molecular flexibility index (Phi) is 5.31. The fourth-order valence-corrected chi connectivity index (χ4v) is 4.03. The number of ether oxygens (including phenoxy) is 1. The van der Waals surface area contributed by atoms with E-state index >= 15 is 0 Å². The van der Waals surface area contributed by atoms with Crippen LogP contribution in [0.4, 0.5) is 0 Å². The van der Waals surface area contributed by atoms with Crippen LogP contribution >= 0.6 is 11.3 Å². The van der Waals surface area contributed by atoms with E-state index in [1.165, 1.54) is 30.8 Å². The van der Waals surface area contributed by atoms with Crippen molar-refractivity contribution in [2.75, 3.05) is 26.7 Å². The van der Waals surface area contributed by atoms with Crippen LogP contribution in [0.3, 0.4) is 0 Å². The molecule has 4 nitrogen and oxygen atoms in total. The van der Waals surface area contributed by atoms with Crippen LogP contribution < -0.4 is 9.64 Å². The van der Waals surface area contributed by atoms with Crippen molar-refractivity contribution in [3.63, 3.8) is 0 Å². The molecule has 2 N–H and O–H groups in total. The van der Waals surface area contributed by atoms with Gasteiger partial charge >= 0.3 is 0 Å². The van der Waals surface area contributed by atoms with E-state index in [-0.39, 0.29) is 5.75 Å². The van der Waals surface area contributed by atoms with E-state index in [0.717, 1.165) is 6.54 Å². The zero-order chi connectivity index (χ0) is 16.1. The van der Waals surface area contributed by atoms with Crippen LogP contribution in [-0.2, 0) is 0 Å². The maximum Gasteiger partial charge on any atom is 0.166 e. The van der Waals surface area contributed by atoms with Gasteiger partial charge in [0.15, 0.2) is 11.5 Å². The van der Waals surface area contributed by atoms with Gasteiger partial charge in [-0.15, -0.1) is 11.3 Å². The minimum absolute atomic E-state index is 0.153. The van der Waals surface area contributed by atoms with Gasteiger partial charge in [-0.05, 0) is 23.6 Å². The molecule has 0 aliphatic carbocycles. The summed E-state index contributed by atoms with van der Waals surface area (Å²) < 4.78 is 5.14. The number of thiophene rings is 1. The summed E-state index contributed by atoms with van der Waals surface area (Å²) in [6.45, 7) is 3.19. The quantitative estimate of drug-likeness (QED) is 0.798. The van der Waals surface area contributed by atoms with E-state index < -0.39 is 0 Å². The molecule has 3 rings (SSSR count). The van der Waals surface area contributed by atoms with Gasteiger partial charge in [0.25, 0.3) is 0 Å². The zero-order valence-electron chi connectivity index (χ0n) is 13.4. The highest BCUT2D eigenvalue weighted by Crippen LogP contribution is 2.28. The molecule has 0 unspecified atom stereocenters. The van der Waals surface area contributed by atoms with Gasteiger partial charge in [-0.3, -0.25) is 4.99 Å². The summed E-state index contributed by atoms with van der Waals surface area (Å²) in [6.07, 6.45) is 4.36. The first-order valence-electron chi connectivity index (χ1n) is 8.03. The van der Waals surface area contributed by atoms with Gasteiger partial charge in [-0.25, -0.2) is 0 Å². The summed E-state index contributed by atoms with van der Waals surface area (Å²) in [4.78, 5) is 7.65. The van der Waals surface area contributed by atoms with Crippen LogP contribution in [0.15, 0.2) is 40.7 Å². The Morgan fingerprint density at radius 3 is 2.83 bits per heavy atom. The largest absolute Gasteiger partial charge is 0.504 e. The van der Waals surface area contributed by atoms with E-state index in [9.17, 15) is 5.11 Å². The molecule has 0 amide bonds. The number of methoxy groups -OCH3 is 1. The highest BCUT2D eigenvalue weighted by molar-refractivity contribution is 7.10. The van der Waals surface area contributed by atoms with Crippen molar-refractivity contribution in [3.05, 3.63) is 46.2 Å². The lowest BCUT2D eigenvalue weighted by Crippen LogP contribution is -3.10. The predicted octanol–water partition coefficient (Wildman–Crippen LogP) is 2.30. The molecule has 1 saturated heterocycles. The Balaban J connectivity index is 1.74. The molecule has 0 radical (unpaired) electrons. The van der Waals surface area contributed by atoms with E-state index in [1.807, 2.05) is 23.5 Å². The molecule has 1 aromatic heterocycles. The van der Waals surface area contributed by atoms with Crippen molar-refractivity contribution in [2.24, 2.45) is 4.99 Å². The van der Waals surface area contributed by atoms with E-state index in [0.29, 0.717) is 17.4 Å². The Bertz CT molecular complexity index is 649. The monoisotopic (exact) mass is 331 g/mol. The van der Waals surface area contributed by atoms with Gasteiger partial charge in [-0.2, -0.15) is 0 Å². The lowest BCUT2D eigenvalue weighted by Gasteiger charge is -2.22. The average molecular weight is 331 g/mol. The van der Waals surface area contributed by atoms with Crippen LogP contribution in [0, 0.1) is 0 Å². The van der Waals surface area contributed by atoms with E-state index in [4.69, 9.17) is 4.74 Å². The van der Waals surface area contributed by atoms with Crippen molar-refractivity contribution in [2.45, 2.75) is 18.9 Å². The number of aromatic hydroxyl groups is 1. The molecule has 122 valence electrons. The number of hydrogen-bond acceptors (Lipinski definition) is 4. The first-order valence-corrected chi connectivity index (χ1v) is 8.91. The van der Waals surface area contributed by atoms with Crippen LogP contribution in [0.25, 0.3) is 0 Å². The zero-order valence-corrected chi connectivity index (χ0v) is 14.2. The number of aliphatic imine (C=N–C) groups is 1. The highest BCUT2D eigenvalue weighted by atomic mass is 32.1. The molecule has 1 atom stereocenters. The number of quaternary nitrogens is 1. The second-order valence-electron chi connectivity index (χ2n) is 5.83. The maximum absolute atomic E-state index is 10.1. The Morgan fingerprint density at radius 1 is 1.30 bits per heavy atom. The summed E-state index contributed by atoms with van der Waals surface area (Å²) in [6, 6.07) is 10.2. The summed E-state index contributed by atoms with van der Waals surface area (Å²) in [5.41, 5.74) is 0.700. The smallest absolute Gasteiger partial charge is 0.166 e. The molecule has 1 aliphatic heterocycles. The Labute approximate surface area is 141 Å². The van der Waals surface area contributed by atoms with Crippen molar-refractivity contribution in [1.82, 2.24) is 0 Å². The van der Waals surface area contributed by atoms with E-state index in [2.05, 4.69) is 22.5 Å². The molecule has 1 aliphatic rings. The molecule has 5 heteroatoms. The third-order valence-electron chi connectivity index (χ3n) is 4.39. The number of nitrogens with zero attached hydrogens (tertiary/aromatic N) is 1. The minimum Gasteiger partial charge on any atom is -0.504 e. The third-order valence-corrected chi connectivity index (χ3v) is 5.38. The van der Waals surface area contributed by atoms with Crippen molar-refractivity contribution in [3.8, 4) is 11.5 Å². The number of para-hydroxylation sites is 1. The fourth-order valence-electron chi connectivity index (χ4n) is 3.15. The van der Waals surface area contributed by atoms with Crippen molar-refractivity contribution < 1.29 is 14.7 Å². The van der Waals surface area contributed by atoms with Crippen molar-refractivity contribution >= 4 is 17.6 Å². The predicted molar refractivity (Wildman–Crippen MR) is 94.1 cm³/mol. The van der Waals surface area contributed by atoms with Crippen LogP contribution in [0.2, 0.25) is 0 Å². The molecule has 2 aromatic rings. The lowest BCUT2D eigenvalue weighted by molar-refractivity contribution is -0.917. The van der Waals surface area contributed by atoms with Gasteiger partial charge < -0.3 is 14.7 Å². The molecular formula is C18H23N2O2S+. The van der Waals surface area contributed by atoms with Gasteiger partial charge in [0.1, 0.15) is 6.04 Å². The SMILES string of the molecule is COc1cccc(C=NC[C@@H](c2cccs2)[NH+]2CCCC2)c1O. The topological polar surface area (TPSA) is 46.3 Å². The van der Waals surface area contributed by atoms with Gasteiger partial charge in [0.05, 0.1) is 31.6 Å². The second kappa shape index (κ2) is 7.62. The summed E-state index contributed by atoms with van der Waals surface area (Å²) >= 11 is 1.81. The molecular weight excluding hydrogens is 308 g/mol. The van der Waals surface area contributed by atoms with Gasteiger partial charge in [0.2, 0.25) is 0 Å². The summed E-state index contributed by atoms with van der Waals surface area (Å²) in [5.74, 6) is 0.633. The molecule has 23 heavy (non-hydrogen) atoms. The maximum atomic E-state index is 10.1. The number of hydrogen-bond donors (Lipinski definition) is 2. The normalized spacial score (nSPS) is 16.9. The molecule has 0 bridgehead atoms. The minimum atomic E-state index is 0.153. The number of likely N-dealkylation sites (tertiary alicyclic amines) is 1. The number of phenols is 1. The fraction of sp³-hybridized carbons (Fsp3) is 0.389. The summed E-state index contributed by atoms with van der Waals surface area (Å²) in [5, 5.41) is 12.3. The number of phenolic OH excluding ortho intramolecular Hbond substituents is 1. The molecule has 0 saturated carbocycles. The van der Waals surface area contributed by atoms with Crippen molar-refractivity contribution in [1.29, 1.82) is 0 Å². The molecule has 1 aromatic carbocycles. The number of nitrogens with one attached hydrogen (secondary N) is 1. The van der Waals surface area contributed by atoms with E-state index in [1.54, 1.807) is 24.3 Å². The highest BCUT2D eigenvalue weighted by Gasteiger charge is 2.27.